The minimum absolute atomic E-state index is 0.152. The van der Waals surface area contributed by atoms with E-state index >= 15 is 0 Å². The lowest BCUT2D eigenvalue weighted by Crippen LogP contribution is -2.04. The Bertz CT molecular complexity index is 1160. The van der Waals surface area contributed by atoms with Crippen molar-refractivity contribution in [3.05, 3.63) is 86.5 Å². The summed E-state index contributed by atoms with van der Waals surface area (Å²) in [6, 6.07) is 15.2. The molecule has 0 spiro atoms. The van der Waals surface area contributed by atoms with E-state index in [1.54, 1.807) is 18.2 Å². The molecule has 0 atom stereocenters. The molecule has 1 aliphatic heterocycles. The first-order chi connectivity index (χ1) is 15.0. The summed E-state index contributed by atoms with van der Waals surface area (Å²) in [5.74, 6) is 1.30. The molecule has 0 aliphatic carbocycles. The molecule has 31 heavy (non-hydrogen) atoms. The van der Waals surface area contributed by atoms with E-state index in [-0.39, 0.29) is 11.6 Å². The first-order valence-electron chi connectivity index (χ1n) is 9.75. The van der Waals surface area contributed by atoms with Gasteiger partial charge in [0.05, 0.1) is 16.4 Å². The molecular formula is C24H20INO5. The van der Waals surface area contributed by atoms with Gasteiger partial charge in [-0.05, 0) is 83.5 Å². The van der Waals surface area contributed by atoms with Gasteiger partial charge in [0.2, 0.25) is 0 Å². The van der Waals surface area contributed by atoms with Crippen molar-refractivity contribution in [3.8, 4) is 11.5 Å². The smallest absolute Gasteiger partial charge is 0.363 e. The van der Waals surface area contributed by atoms with Crippen molar-refractivity contribution in [3.63, 3.8) is 0 Å². The predicted octanol–water partition coefficient (Wildman–Crippen LogP) is 5.51. The summed E-state index contributed by atoms with van der Waals surface area (Å²) in [4.78, 5) is 16.5. The SMILES string of the molecule is CCOc1cc(/C=C2/N=C(c3ccco3)OC2=O)cc(I)c1OCc1ccccc1C. The van der Waals surface area contributed by atoms with Crippen LogP contribution in [0.2, 0.25) is 0 Å². The number of cyclic esters (lactones) is 1. The monoisotopic (exact) mass is 529 g/mol. The largest absolute Gasteiger partial charge is 0.490 e. The number of hydrogen-bond donors (Lipinski definition) is 0. The van der Waals surface area contributed by atoms with Gasteiger partial charge in [0.25, 0.3) is 5.90 Å². The molecule has 4 rings (SSSR count). The maximum atomic E-state index is 12.2. The molecule has 6 nitrogen and oxygen atoms in total. The molecule has 158 valence electrons. The van der Waals surface area contributed by atoms with Crippen LogP contribution in [0.1, 0.15) is 29.4 Å². The molecular weight excluding hydrogens is 509 g/mol. The Morgan fingerprint density at radius 1 is 1.13 bits per heavy atom. The number of furan rings is 1. The van der Waals surface area contributed by atoms with Crippen LogP contribution in [0.15, 0.2) is 69.9 Å². The minimum Gasteiger partial charge on any atom is -0.490 e. The van der Waals surface area contributed by atoms with Crippen molar-refractivity contribution in [1.29, 1.82) is 0 Å². The summed E-state index contributed by atoms with van der Waals surface area (Å²) < 4.78 is 23.3. The second-order valence-electron chi connectivity index (χ2n) is 6.79. The van der Waals surface area contributed by atoms with Crippen molar-refractivity contribution in [2.75, 3.05) is 6.61 Å². The van der Waals surface area contributed by atoms with Crippen LogP contribution in [-0.4, -0.2) is 18.5 Å². The van der Waals surface area contributed by atoms with Crippen LogP contribution >= 0.6 is 22.6 Å². The molecule has 0 saturated heterocycles. The second-order valence-corrected chi connectivity index (χ2v) is 7.95. The minimum atomic E-state index is -0.528. The molecule has 1 aliphatic rings. The number of carbonyl (C=O) groups is 1. The summed E-state index contributed by atoms with van der Waals surface area (Å²) in [6.45, 7) is 4.89. The number of benzene rings is 2. The summed E-state index contributed by atoms with van der Waals surface area (Å²) in [6.07, 6.45) is 3.16. The maximum Gasteiger partial charge on any atom is 0.363 e. The fourth-order valence-corrected chi connectivity index (χ4v) is 3.85. The Morgan fingerprint density at radius 3 is 2.71 bits per heavy atom. The lowest BCUT2D eigenvalue weighted by Gasteiger charge is -2.15. The Balaban J connectivity index is 1.62. The van der Waals surface area contributed by atoms with E-state index in [9.17, 15) is 4.79 Å². The zero-order valence-corrected chi connectivity index (χ0v) is 19.2. The molecule has 0 amide bonds. The first kappa shape index (κ1) is 21.2. The van der Waals surface area contributed by atoms with Crippen LogP contribution in [0.3, 0.4) is 0 Å². The molecule has 3 aromatic rings. The van der Waals surface area contributed by atoms with Gasteiger partial charge in [0.1, 0.15) is 6.61 Å². The first-order valence-corrected chi connectivity index (χ1v) is 10.8. The fourth-order valence-electron chi connectivity index (χ4n) is 3.07. The van der Waals surface area contributed by atoms with Crippen molar-refractivity contribution >= 4 is 40.5 Å². The Labute approximate surface area is 193 Å². The van der Waals surface area contributed by atoms with Gasteiger partial charge < -0.3 is 18.6 Å². The lowest BCUT2D eigenvalue weighted by molar-refractivity contribution is -0.130. The van der Waals surface area contributed by atoms with Crippen LogP contribution in [0, 0.1) is 10.5 Å². The Hall–Kier alpha value is -3.07. The van der Waals surface area contributed by atoms with E-state index in [1.807, 2.05) is 37.3 Å². The van der Waals surface area contributed by atoms with Crippen molar-refractivity contribution in [2.24, 2.45) is 4.99 Å². The van der Waals surface area contributed by atoms with Gasteiger partial charge in [0.15, 0.2) is 23.0 Å². The molecule has 0 radical (unpaired) electrons. The van der Waals surface area contributed by atoms with Crippen molar-refractivity contribution < 1.29 is 23.4 Å². The average molecular weight is 529 g/mol. The highest BCUT2D eigenvalue weighted by Crippen LogP contribution is 2.36. The third-order valence-corrected chi connectivity index (χ3v) is 5.42. The second kappa shape index (κ2) is 9.38. The molecule has 2 aromatic carbocycles. The summed E-state index contributed by atoms with van der Waals surface area (Å²) in [5.41, 5.74) is 3.23. The standard InChI is InChI=1S/C24H20INO5/c1-3-28-21-13-16(12-19-24(27)31-23(26-19)20-9-6-10-29-20)11-18(25)22(21)30-14-17-8-5-4-7-15(17)2/h4-13H,3,14H2,1-2H3/b19-12+. The zero-order valence-electron chi connectivity index (χ0n) is 17.1. The maximum absolute atomic E-state index is 12.2. The van der Waals surface area contributed by atoms with E-state index in [4.69, 9.17) is 18.6 Å². The molecule has 0 fully saturated rings. The van der Waals surface area contributed by atoms with Gasteiger partial charge in [0, 0.05) is 0 Å². The van der Waals surface area contributed by atoms with E-state index in [1.165, 1.54) is 11.8 Å². The van der Waals surface area contributed by atoms with Gasteiger partial charge in [-0.15, -0.1) is 0 Å². The molecule has 0 saturated carbocycles. The highest BCUT2D eigenvalue weighted by Gasteiger charge is 2.26. The molecule has 0 bridgehead atoms. The zero-order chi connectivity index (χ0) is 21.8. The van der Waals surface area contributed by atoms with E-state index in [2.05, 4.69) is 40.6 Å². The lowest BCUT2D eigenvalue weighted by atomic mass is 10.1. The van der Waals surface area contributed by atoms with Crippen LogP contribution in [0.5, 0.6) is 11.5 Å². The summed E-state index contributed by atoms with van der Waals surface area (Å²) in [7, 11) is 0. The highest BCUT2D eigenvalue weighted by atomic mass is 127. The molecule has 1 aromatic heterocycles. The number of nitrogens with zero attached hydrogens (tertiary/aromatic N) is 1. The predicted molar refractivity (Wildman–Crippen MR) is 125 cm³/mol. The number of rotatable bonds is 7. The molecule has 2 heterocycles. The van der Waals surface area contributed by atoms with Crippen molar-refractivity contribution in [2.45, 2.75) is 20.5 Å². The number of aryl methyl sites for hydroxylation is 1. The molecule has 7 heteroatoms. The third kappa shape index (κ3) is 4.82. The Morgan fingerprint density at radius 2 is 1.97 bits per heavy atom. The van der Waals surface area contributed by atoms with Crippen LogP contribution in [0.25, 0.3) is 6.08 Å². The fraction of sp³-hybridized carbons (Fsp3) is 0.167. The number of esters is 1. The molecule has 0 unspecified atom stereocenters. The van der Waals surface area contributed by atoms with E-state index in [0.717, 1.165) is 14.7 Å². The Kier molecular flexibility index (Phi) is 6.41. The third-order valence-electron chi connectivity index (χ3n) is 4.62. The average Bonchev–Trinajstić information content (AvgIpc) is 3.39. The van der Waals surface area contributed by atoms with Gasteiger partial charge in [-0.2, -0.15) is 0 Å². The highest BCUT2D eigenvalue weighted by molar-refractivity contribution is 14.1. The van der Waals surface area contributed by atoms with Gasteiger partial charge >= 0.3 is 5.97 Å². The summed E-state index contributed by atoms with van der Waals surface area (Å²) in [5, 5.41) is 0. The van der Waals surface area contributed by atoms with Crippen molar-refractivity contribution in [1.82, 2.24) is 0 Å². The van der Waals surface area contributed by atoms with Gasteiger partial charge in [-0.1, -0.05) is 24.3 Å². The number of halogens is 1. The number of ether oxygens (including phenoxy) is 3. The number of hydrogen-bond acceptors (Lipinski definition) is 6. The van der Waals surface area contributed by atoms with Gasteiger partial charge in [-0.25, -0.2) is 9.79 Å². The topological polar surface area (TPSA) is 70.3 Å². The van der Waals surface area contributed by atoms with E-state index in [0.29, 0.717) is 30.5 Å². The van der Waals surface area contributed by atoms with Gasteiger partial charge in [-0.3, -0.25) is 0 Å². The molecule has 0 N–H and O–H groups in total. The number of aliphatic imine (C=N–C) groups is 1. The van der Waals surface area contributed by atoms with E-state index < -0.39 is 5.97 Å². The normalized spacial score (nSPS) is 14.5. The van der Waals surface area contributed by atoms with Crippen LogP contribution in [-0.2, 0) is 16.1 Å². The van der Waals surface area contributed by atoms with Crippen LogP contribution < -0.4 is 9.47 Å². The number of carbonyl (C=O) groups excluding carboxylic acids is 1. The quantitative estimate of drug-likeness (QED) is 0.229. The summed E-state index contributed by atoms with van der Waals surface area (Å²) >= 11 is 2.21. The van der Waals surface area contributed by atoms with Crippen LogP contribution in [0.4, 0.5) is 0 Å².